The molecular formula is C19H21N3O3S3. The number of amides is 1. The van der Waals surface area contributed by atoms with Crippen molar-refractivity contribution in [3.05, 3.63) is 57.2 Å². The Morgan fingerprint density at radius 2 is 1.86 bits per heavy atom. The summed E-state index contributed by atoms with van der Waals surface area (Å²) in [7, 11) is -3.75. The zero-order chi connectivity index (χ0) is 20.3. The minimum Gasteiger partial charge on any atom is -0.350 e. The molecule has 0 bridgehead atoms. The highest BCUT2D eigenvalue weighted by atomic mass is 32.2. The number of carbonyl (C=O) groups excluding carboxylic acids is 1. The number of hydrogen-bond acceptors (Lipinski definition) is 6. The number of nitrogens with one attached hydrogen (secondary N) is 2. The molecule has 6 nitrogen and oxygen atoms in total. The van der Waals surface area contributed by atoms with Crippen LogP contribution in [0.1, 0.15) is 22.4 Å². The molecule has 0 radical (unpaired) electrons. The molecule has 148 valence electrons. The molecule has 0 saturated heterocycles. The van der Waals surface area contributed by atoms with Gasteiger partial charge in [-0.15, -0.1) is 22.7 Å². The number of aromatic nitrogens is 1. The van der Waals surface area contributed by atoms with Crippen LogP contribution in [0.2, 0.25) is 0 Å². The molecule has 0 spiro atoms. The summed E-state index contributed by atoms with van der Waals surface area (Å²) in [5, 5.41) is 5.79. The van der Waals surface area contributed by atoms with E-state index in [1.165, 1.54) is 19.1 Å². The third-order valence-corrected chi connectivity index (χ3v) is 7.46. The Morgan fingerprint density at radius 1 is 1.14 bits per heavy atom. The van der Waals surface area contributed by atoms with Crippen LogP contribution in [0.4, 0.5) is 0 Å². The van der Waals surface area contributed by atoms with E-state index < -0.39 is 16.1 Å². The second-order valence-corrected chi connectivity index (χ2v) is 10.3. The lowest BCUT2D eigenvalue weighted by atomic mass is 10.2. The van der Waals surface area contributed by atoms with Gasteiger partial charge in [0.25, 0.3) is 0 Å². The van der Waals surface area contributed by atoms with Crippen LogP contribution in [0.15, 0.2) is 46.7 Å². The Bertz CT molecular complexity index is 1070. The number of thiophene rings is 1. The second kappa shape index (κ2) is 8.52. The molecule has 0 aliphatic carbocycles. The van der Waals surface area contributed by atoms with Crippen LogP contribution >= 0.6 is 22.7 Å². The van der Waals surface area contributed by atoms with Gasteiger partial charge in [-0.25, -0.2) is 13.4 Å². The van der Waals surface area contributed by atoms with Gasteiger partial charge in [-0.2, -0.15) is 4.72 Å². The van der Waals surface area contributed by atoms with Gasteiger partial charge < -0.3 is 5.32 Å². The lowest BCUT2D eigenvalue weighted by molar-refractivity contribution is -0.122. The van der Waals surface area contributed by atoms with Crippen LogP contribution < -0.4 is 10.0 Å². The zero-order valence-corrected chi connectivity index (χ0v) is 18.2. The summed E-state index contributed by atoms with van der Waals surface area (Å²) < 4.78 is 27.2. The van der Waals surface area contributed by atoms with E-state index in [9.17, 15) is 13.2 Å². The van der Waals surface area contributed by atoms with Gasteiger partial charge in [-0.1, -0.05) is 17.7 Å². The van der Waals surface area contributed by atoms with Crippen molar-refractivity contribution in [2.24, 2.45) is 0 Å². The van der Waals surface area contributed by atoms with E-state index in [2.05, 4.69) is 15.0 Å². The van der Waals surface area contributed by atoms with Crippen LogP contribution in [0.25, 0.3) is 10.6 Å². The summed E-state index contributed by atoms with van der Waals surface area (Å²) in [6.45, 7) is 5.70. The number of carbonyl (C=O) groups is 1. The fourth-order valence-electron chi connectivity index (χ4n) is 2.49. The molecule has 0 saturated carbocycles. The van der Waals surface area contributed by atoms with Gasteiger partial charge in [-0.3, -0.25) is 4.79 Å². The highest BCUT2D eigenvalue weighted by Crippen LogP contribution is 2.28. The van der Waals surface area contributed by atoms with Crippen molar-refractivity contribution in [3.63, 3.8) is 0 Å². The normalized spacial score (nSPS) is 12.7. The fraction of sp³-hybridized carbons (Fsp3) is 0.263. The fourth-order valence-corrected chi connectivity index (χ4v) is 5.28. The van der Waals surface area contributed by atoms with Crippen molar-refractivity contribution in [1.29, 1.82) is 0 Å². The second-order valence-electron chi connectivity index (χ2n) is 6.39. The van der Waals surface area contributed by atoms with Crippen LogP contribution in [0.5, 0.6) is 0 Å². The number of hydrogen-bond donors (Lipinski definition) is 2. The standard InChI is InChI=1S/C19H21N3O3S3/c1-12-4-7-16(8-5-12)28(24,25)22-13(2)19(23)20-10-15-6-9-18(27-15)17-11-26-14(3)21-17/h4-9,11,13,22H,10H2,1-3H3,(H,20,23)/t13-/m1/s1. The molecule has 28 heavy (non-hydrogen) atoms. The topological polar surface area (TPSA) is 88.2 Å². The van der Waals surface area contributed by atoms with Crippen molar-refractivity contribution < 1.29 is 13.2 Å². The Labute approximate surface area is 172 Å². The van der Waals surface area contributed by atoms with Gasteiger partial charge >= 0.3 is 0 Å². The minimum absolute atomic E-state index is 0.138. The predicted molar refractivity (Wildman–Crippen MR) is 113 cm³/mol. The molecule has 1 aromatic carbocycles. The summed E-state index contributed by atoms with van der Waals surface area (Å²) >= 11 is 3.15. The van der Waals surface area contributed by atoms with E-state index in [0.29, 0.717) is 6.54 Å². The predicted octanol–water partition coefficient (Wildman–Crippen LogP) is 3.47. The van der Waals surface area contributed by atoms with E-state index in [1.807, 2.05) is 31.4 Å². The maximum atomic E-state index is 12.4. The first-order valence-electron chi connectivity index (χ1n) is 8.62. The molecule has 9 heteroatoms. The summed E-state index contributed by atoms with van der Waals surface area (Å²) in [4.78, 5) is 18.9. The lowest BCUT2D eigenvalue weighted by Crippen LogP contribution is -2.44. The molecular weight excluding hydrogens is 414 g/mol. The first-order valence-corrected chi connectivity index (χ1v) is 11.8. The van der Waals surface area contributed by atoms with Crippen LogP contribution in [0, 0.1) is 13.8 Å². The molecule has 1 atom stereocenters. The minimum atomic E-state index is -3.75. The van der Waals surface area contributed by atoms with Crippen LogP contribution in [0.3, 0.4) is 0 Å². The summed E-state index contributed by atoms with van der Waals surface area (Å²) in [6.07, 6.45) is 0. The quantitative estimate of drug-likeness (QED) is 0.595. The van der Waals surface area contributed by atoms with E-state index in [4.69, 9.17) is 0 Å². The van der Waals surface area contributed by atoms with Gasteiger partial charge in [0, 0.05) is 10.3 Å². The molecule has 0 aliphatic rings. The van der Waals surface area contributed by atoms with Crippen molar-refractivity contribution in [2.45, 2.75) is 38.3 Å². The van der Waals surface area contributed by atoms with Gasteiger partial charge in [0.15, 0.2) is 0 Å². The van der Waals surface area contributed by atoms with Crippen molar-refractivity contribution in [3.8, 4) is 10.6 Å². The molecule has 1 amide bonds. The van der Waals surface area contributed by atoms with Crippen molar-refractivity contribution in [2.75, 3.05) is 0 Å². The van der Waals surface area contributed by atoms with E-state index >= 15 is 0 Å². The first kappa shape index (κ1) is 20.7. The molecule has 2 aromatic heterocycles. The number of aryl methyl sites for hydroxylation is 2. The van der Waals surface area contributed by atoms with E-state index in [0.717, 1.165) is 26.0 Å². The zero-order valence-electron chi connectivity index (χ0n) is 15.7. The van der Waals surface area contributed by atoms with Crippen molar-refractivity contribution >= 4 is 38.6 Å². The molecule has 0 fully saturated rings. The van der Waals surface area contributed by atoms with Gasteiger partial charge in [-0.05, 0) is 45.0 Å². The summed E-state index contributed by atoms with van der Waals surface area (Å²) in [5.74, 6) is -0.380. The molecule has 0 unspecified atom stereocenters. The molecule has 3 aromatic rings. The molecule has 3 rings (SSSR count). The van der Waals surface area contributed by atoms with Gasteiger partial charge in [0.1, 0.15) is 0 Å². The Kier molecular flexibility index (Phi) is 6.29. The summed E-state index contributed by atoms with van der Waals surface area (Å²) in [6, 6.07) is 9.52. The number of nitrogens with zero attached hydrogens (tertiary/aromatic N) is 1. The number of rotatable bonds is 7. The third-order valence-electron chi connectivity index (χ3n) is 4.03. The monoisotopic (exact) mass is 435 g/mol. The SMILES string of the molecule is Cc1ccc(S(=O)(=O)N[C@H](C)C(=O)NCc2ccc(-c3csc(C)n3)s2)cc1. The third kappa shape index (κ3) is 5.05. The van der Waals surface area contributed by atoms with E-state index in [1.54, 1.807) is 34.8 Å². The Hall–Kier alpha value is -2.07. The maximum absolute atomic E-state index is 12.4. The van der Waals surface area contributed by atoms with Gasteiger partial charge in [0.2, 0.25) is 15.9 Å². The Morgan fingerprint density at radius 3 is 2.50 bits per heavy atom. The molecule has 0 aliphatic heterocycles. The first-order chi connectivity index (χ1) is 13.2. The highest BCUT2D eigenvalue weighted by Gasteiger charge is 2.22. The van der Waals surface area contributed by atoms with E-state index in [-0.39, 0.29) is 10.8 Å². The van der Waals surface area contributed by atoms with Crippen molar-refractivity contribution in [1.82, 2.24) is 15.0 Å². The lowest BCUT2D eigenvalue weighted by Gasteiger charge is -2.14. The maximum Gasteiger partial charge on any atom is 0.241 e. The average molecular weight is 436 g/mol. The Balaban J connectivity index is 1.57. The average Bonchev–Trinajstić information content (AvgIpc) is 3.28. The number of sulfonamides is 1. The highest BCUT2D eigenvalue weighted by molar-refractivity contribution is 7.89. The van der Waals surface area contributed by atoms with Crippen LogP contribution in [-0.4, -0.2) is 25.4 Å². The molecule has 2 heterocycles. The smallest absolute Gasteiger partial charge is 0.241 e. The van der Waals surface area contributed by atoms with Gasteiger partial charge in [0.05, 0.1) is 33.1 Å². The summed E-state index contributed by atoms with van der Waals surface area (Å²) in [5.41, 5.74) is 1.90. The molecule has 2 N–H and O–H groups in total. The van der Waals surface area contributed by atoms with Crippen LogP contribution in [-0.2, 0) is 21.4 Å². The largest absolute Gasteiger partial charge is 0.350 e. The number of benzene rings is 1. The number of thiazole rings is 1.